The van der Waals surface area contributed by atoms with E-state index in [1.807, 2.05) is 19.1 Å². The highest BCUT2D eigenvalue weighted by Gasteiger charge is 2.42. The van der Waals surface area contributed by atoms with Crippen LogP contribution in [0.25, 0.3) is 0 Å². The molecule has 1 aliphatic heterocycles. The van der Waals surface area contributed by atoms with Crippen LogP contribution in [0.3, 0.4) is 0 Å². The molecule has 20 heavy (non-hydrogen) atoms. The first-order valence-electron chi connectivity index (χ1n) is 7.44. The Morgan fingerprint density at radius 3 is 2.95 bits per heavy atom. The Bertz CT molecular complexity index is 494. The van der Waals surface area contributed by atoms with Gasteiger partial charge in [-0.2, -0.15) is 0 Å². The molecule has 1 saturated heterocycles. The van der Waals surface area contributed by atoms with Crippen LogP contribution in [0, 0.1) is 6.92 Å². The van der Waals surface area contributed by atoms with E-state index in [4.69, 9.17) is 9.47 Å². The number of hydrogen-bond donors (Lipinski definition) is 0. The minimum absolute atomic E-state index is 0.132. The molecule has 4 nitrogen and oxygen atoms in total. The number of ether oxygens (including phenoxy) is 2. The van der Waals surface area contributed by atoms with E-state index in [9.17, 15) is 4.79 Å². The standard InChI is InChI=1S/C16H21NO3/c1-12-4-5-15(14(10-18)17-12)19-11-13-6-9-16(20-13)7-2-3-8-16/h4-5,10,13H,2-3,6-9,11H2,1H3. The topological polar surface area (TPSA) is 48.4 Å². The first-order valence-corrected chi connectivity index (χ1v) is 7.44. The number of carbonyl (C=O) groups excluding carboxylic acids is 1. The molecule has 1 aromatic rings. The van der Waals surface area contributed by atoms with Crippen molar-refractivity contribution in [3.8, 4) is 5.75 Å². The number of rotatable bonds is 4. The van der Waals surface area contributed by atoms with Gasteiger partial charge in [-0.15, -0.1) is 0 Å². The maximum Gasteiger partial charge on any atom is 0.172 e. The highest BCUT2D eigenvalue weighted by molar-refractivity contribution is 5.76. The number of aromatic nitrogens is 1. The predicted molar refractivity (Wildman–Crippen MR) is 75.2 cm³/mol. The van der Waals surface area contributed by atoms with E-state index >= 15 is 0 Å². The summed E-state index contributed by atoms with van der Waals surface area (Å²) in [5.74, 6) is 0.557. The minimum Gasteiger partial charge on any atom is -0.488 e. The third kappa shape index (κ3) is 2.70. The van der Waals surface area contributed by atoms with Crippen LogP contribution in [0.1, 0.15) is 54.7 Å². The van der Waals surface area contributed by atoms with Crippen LogP contribution in [-0.4, -0.2) is 29.6 Å². The van der Waals surface area contributed by atoms with Crippen LogP contribution in [0.15, 0.2) is 12.1 Å². The van der Waals surface area contributed by atoms with E-state index < -0.39 is 0 Å². The van der Waals surface area contributed by atoms with E-state index in [1.165, 1.54) is 25.7 Å². The summed E-state index contributed by atoms with van der Waals surface area (Å²) >= 11 is 0. The molecule has 1 atom stereocenters. The molecule has 4 heteroatoms. The lowest BCUT2D eigenvalue weighted by Crippen LogP contribution is -2.27. The molecular formula is C16H21NO3. The van der Waals surface area contributed by atoms with Crippen LogP contribution in [0.2, 0.25) is 0 Å². The Kier molecular flexibility index (Phi) is 3.74. The van der Waals surface area contributed by atoms with Gasteiger partial charge in [0.25, 0.3) is 0 Å². The highest BCUT2D eigenvalue weighted by atomic mass is 16.6. The minimum atomic E-state index is 0.132. The molecule has 2 fully saturated rings. The average molecular weight is 275 g/mol. The van der Waals surface area contributed by atoms with Crippen molar-refractivity contribution in [2.24, 2.45) is 0 Å². The summed E-state index contributed by atoms with van der Waals surface area (Å²) in [6.45, 7) is 2.37. The molecule has 0 N–H and O–H groups in total. The maximum absolute atomic E-state index is 11.0. The monoisotopic (exact) mass is 275 g/mol. The maximum atomic E-state index is 11.0. The van der Waals surface area contributed by atoms with Gasteiger partial charge in [-0.3, -0.25) is 4.79 Å². The van der Waals surface area contributed by atoms with E-state index in [2.05, 4.69) is 4.98 Å². The lowest BCUT2D eigenvalue weighted by atomic mass is 9.98. The van der Waals surface area contributed by atoms with Crippen molar-refractivity contribution in [3.05, 3.63) is 23.5 Å². The van der Waals surface area contributed by atoms with Crippen molar-refractivity contribution >= 4 is 6.29 Å². The normalized spacial score (nSPS) is 24.1. The third-order valence-corrected chi connectivity index (χ3v) is 4.41. The van der Waals surface area contributed by atoms with E-state index in [0.717, 1.165) is 24.8 Å². The zero-order valence-corrected chi connectivity index (χ0v) is 11.9. The molecule has 1 saturated carbocycles. The van der Waals surface area contributed by atoms with Gasteiger partial charge >= 0.3 is 0 Å². The second-order valence-electron chi connectivity index (χ2n) is 5.93. The van der Waals surface area contributed by atoms with Crippen LogP contribution in [-0.2, 0) is 4.74 Å². The number of aryl methyl sites for hydroxylation is 1. The highest BCUT2D eigenvalue weighted by Crippen LogP contribution is 2.43. The van der Waals surface area contributed by atoms with Crippen LogP contribution < -0.4 is 4.74 Å². The smallest absolute Gasteiger partial charge is 0.172 e. The van der Waals surface area contributed by atoms with Crippen molar-refractivity contribution in [2.45, 2.75) is 57.2 Å². The lowest BCUT2D eigenvalue weighted by molar-refractivity contribution is -0.0509. The molecule has 1 unspecified atom stereocenters. The zero-order chi connectivity index (χ0) is 14.0. The second kappa shape index (κ2) is 5.52. The fourth-order valence-corrected chi connectivity index (χ4v) is 3.35. The van der Waals surface area contributed by atoms with Crippen molar-refractivity contribution in [2.75, 3.05) is 6.61 Å². The van der Waals surface area contributed by atoms with Gasteiger partial charge < -0.3 is 9.47 Å². The lowest BCUT2D eigenvalue weighted by Gasteiger charge is -2.23. The molecule has 2 heterocycles. The first kappa shape index (κ1) is 13.6. The van der Waals surface area contributed by atoms with Gasteiger partial charge in [-0.25, -0.2) is 4.98 Å². The van der Waals surface area contributed by atoms with Crippen LogP contribution >= 0.6 is 0 Å². The number of carbonyl (C=O) groups is 1. The Hall–Kier alpha value is -1.42. The number of pyridine rings is 1. The molecule has 2 aliphatic rings. The Labute approximate surface area is 119 Å². The number of nitrogens with zero attached hydrogens (tertiary/aromatic N) is 1. The average Bonchev–Trinajstić information content (AvgIpc) is 3.08. The Morgan fingerprint density at radius 1 is 1.40 bits per heavy atom. The molecule has 0 amide bonds. The summed E-state index contributed by atoms with van der Waals surface area (Å²) in [6, 6.07) is 3.67. The van der Waals surface area contributed by atoms with Crippen molar-refractivity contribution in [1.82, 2.24) is 4.98 Å². The zero-order valence-electron chi connectivity index (χ0n) is 11.9. The first-order chi connectivity index (χ1) is 9.71. The quantitative estimate of drug-likeness (QED) is 0.792. The largest absolute Gasteiger partial charge is 0.488 e. The van der Waals surface area contributed by atoms with Gasteiger partial charge in [0, 0.05) is 5.69 Å². The fourth-order valence-electron chi connectivity index (χ4n) is 3.35. The van der Waals surface area contributed by atoms with E-state index in [1.54, 1.807) is 0 Å². The fraction of sp³-hybridized carbons (Fsp3) is 0.625. The van der Waals surface area contributed by atoms with Gasteiger partial charge in [0.15, 0.2) is 6.29 Å². The Morgan fingerprint density at radius 2 is 2.20 bits per heavy atom. The summed E-state index contributed by atoms with van der Waals surface area (Å²) in [5.41, 5.74) is 1.33. The molecule has 1 aromatic heterocycles. The van der Waals surface area contributed by atoms with Gasteiger partial charge in [0.1, 0.15) is 18.1 Å². The SMILES string of the molecule is Cc1ccc(OCC2CCC3(CCCC3)O2)c(C=O)n1. The number of hydrogen-bond acceptors (Lipinski definition) is 4. The number of aldehydes is 1. The molecule has 0 aromatic carbocycles. The van der Waals surface area contributed by atoms with Crippen LogP contribution in [0.5, 0.6) is 5.75 Å². The summed E-state index contributed by atoms with van der Waals surface area (Å²) in [4.78, 5) is 15.2. The van der Waals surface area contributed by atoms with Crippen molar-refractivity contribution < 1.29 is 14.3 Å². The Balaban J connectivity index is 1.59. The summed E-state index contributed by atoms with van der Waals surface area (Å²) in [5, 5.41) is 0. The third-order valence-electron chi connectivity index (χ3n) is 4.41. The summed E-state index contributed by atoms with van der Waals surface area (Å²) < 4.78 is 11.9. The van der Waals surface area contributed by atoms with Crippen molar-refractivity contribution in [1.29, 1.82) is 0 Å². The summed E-state index contributed by atoms with van der Waals surface area (Å²) in [7, 11) is 0. The second-order valence-corrected chi connectivity index (χ2v) is 5.93. The molecule has 1 aliphatic carbocycles. The van der Waals surface area contributed by atoms with Crippen LogP contribution in [0.4, 0.5) is 0 Å². The molecule has 0 bridgehead atoms. The van der Waals surface area contributed by atoms with Gasteiger partial charge in [0.05, 0.1) is 11.7 Å². The molecule has 1 spiro atoms. The molecule has 108 valence electrons. The van der Waals surface area contributed by atoms with Gasteiger partial charge in [-0.05, 0) is 44.7 Å². The van der Waals surface area contributed by atoms with E-state index in [-0.39, 0.29) is 11.7 Å². The van der Waals surface area contributed by atoms with E-state index in [0.29, 0.717) is 18.1 Å². The predicted octanol–water partition coefficient (Wildman–Crippen LogP) is 3.07. The van der Waals surface area contributed by atoms with Gasteiger partial charge in [0.2, 0.25) is 0 Å². The molecule has 3 rings (SSSR count). The molecule has 0 radical (unpaired) electrons. The molecular weight excluding hydrogens is 254 g/mol. The summed E-state index contributed by atoms with van der Waals surface area (Å²) in [6.07, 6.45) is 8.04. The van der Waals surface area contributed by atoms with Gasteiger partial charge in [-0.1, -0.05) is 12.8 Å². The van der Waals surface area contributed by atoms with Crippen molar-refractivity contribution in [3.63, 3.8) is 0 Å².